The van der Waals surface area contributed by atoms with Gasteiger partial charge >= 0.3 is 0 Å². The Morgan fingerprint density at radius 1 is 1.56 bits per heavy atom. The topological polar surface area (TPSA) is 69.7 Å². The van der Waals surface area contributed by atoms with Crippen molar-refractivity contribution in [3.05, 3.63) is 0 Å². The van der Waals surface area contributed by atoms with E-state index in [-0.39, 0.29) is 30.8 Å². The number of carbonyl (C=O) groups excluding carboxylic acids is 3. The van der Waals surface area contributed by atoms with Crippen molar-refractivity contribution in [3.63, 3.8) is 0 Å². The first-order valence-electron chi connectivity index (χ1n) is 5.29. The first kappa shape index (κ1) is 12.6. The van der Waals surface area contributed by atoms with Crippen molar-refractivity contribution in [1.29, 1.82) is 0 Å². The van der Waals surface area contributed by atoms with E-state index < -0.39 is 6.04 Å². The number of likely N-dealkylation sites (N-methyl/N-ethyl adjacent to an activating group) is 1. The van der Waals surface area contributed by atoms with Crippen LogP contribution in [-0.2, 0) is 14.4 Å². The van der Waals surface area contributed by atoms with Gasteiger partial charge in [0.05, 0.1) is 12.6 Å². The number of nitrogens with zero attached hydrogens (tertiary/aromatic N) is 2. The highest BCUT2D eigenvalue weighted by Gasteiger charge is 2.32. The van der Waals surface area contributed by atoms with E-state index >= 15 is 0 Å². The van der Waals surface area contributed by atoms with Gasteiger partial charge in [0.25, 0.3) is 0 Å². The third-order valence-corrected chi connectivity index (χ3v) is 2.69. The summed E-state index contributed by atoms with van der Waals surface area (Å²) in [6, 6.07) is -0.405. The van der Waals surface area contributed by atoms with Crippen LogP contribution in [-0.4, -0.2) is 60.2 Å². The number of nitrogens with one attached hydrogen (secondary N) is 1. The van der Waals surface area contributed by atoms with Gasteiger partial charge in [0, 0.05) is 13.6 Å². The summed E-state index contributed by atoms with van der Waals surface area (Å²) < 4.78 is 0. The smallest absolute Gasteiger partial charge is 0.246 e. The second kappa shape index (κ2) is 5.07. The first-order valence-corrected chi connectivity index (χ1v) is 5.29. The molecule has 3 amide bonds. The van der Waals surface area contributed by atoms with Crippen molar-refractivity contribution < 1.29 is 14.4 Å². The van der Waals surface area contributed by atoms with Gasteiger partial charge in [-0.05, 0) is 13.8 Å². The summed E-state index contributed by atoms with van der Waals surface area (Å²) in [7, 11) is 1.64. The summed E-state index contributed by atoms with van der Waals surface area (Å²) in [6.45, 7) is 4.02. The van der Waals surface area contributed by atoms with Crippen molar-refractivity contribution in [3.8, 4) is 0 Å². The molecule has 1 aliphatic heterocycles. The Morgan fingerprint density at radius 3 is 2.75 bits per heavy atom. The maximum Gasteiger partial charge on any atom is 0.246 e. The van der Waals surface area contributed by atoms with Crippen molar-refractivity contribution in [2.45, 2.75) is 19.9 Å². The highest BCUT2D eigenvalue weighted by atomic mass is 16.2. The number of carbonyl (C=O) groups is 3. The number of hydrogen-bond acceptors (Lipinski definition) is 4. The molecule has 6 heteroatoms. The lowest BCUT2D eigenvalue weighted by molar-refractivity contribution is -0.153. The highest BCUT2D eigenvalue weighted by molar-refractivity contribution is 6.03. The monoisotopic (exact) mass is 227 g/mol. The molecule has 1 heterocycles. The molecule has 0 aromatic carbocycles. The van der Waals surface area contributed by atoms with Gasteiger partial charge in [-0.25, -0.2) is 0 Å². The molecule has 1 unspecified atom stereocenters. The summed E-state index contributed by atoms with van der Waals surface area (Å²) in [6.07, 6.45) is 0. The molecule has 1 rings (SSSR count). The van der Waals surface area contributed by atoms with Crippen LogP contribution >= 0.6 is 0 Å². The van der Waals surface area contributed by atoms with Gasteiger partial charge in [0.1, 0.15) is 6.54 Å². The fourth-order valence-electron chi connectivity index (χ4n) is 1.38. The van der Waals surface area contributed by atoms with Crippen molar-refractivity contribution in [2.24, 2.45) is 0 Å². The maximum atomic E-state index is 11.7. The van der Waals surface area contributed by atoms with E-state index in [1.54, 1.807) is 14.0 Å². The zero-order chi connectivity index (χ0) is 12.3. The Balaban J connectivity index is 2.67. The Morgan fingerprint density at radius 2 is 2.19 bits per heavy atom. The molecule has 1 aliphatic rings. The van der Waals surface area contributed by atoms with Crippen LogP contribution in [0.5, 0.6) is 0 Å². The Bertz CT molecular complexity index is 316. The number of rotatable bonds is 3. The standard InChI is InChI=1S/C10H17N3O3/c1-4-12(3)9(15)6-13-8(14)5-11-7(2)10(13)16/h7,11H,4-6H2,1-3H3. The molecule has 1 N–H and O–H groups in total. The number of piperazine rings is 1. The summed E-state index contributed by atoms with van der Waals surface area (Å²) in [5, 5.41) is 2.76. The molecule has 1 fully saturated rings. The van der Waals surface area contributed by atoms with Crippen LogP contribution in [0.1, 0.15) is 13.8 Å². The molecule has 0 bridgehead atoms. The van der Waals surface area contributed by atoms with Crippen LogP contribution in [0, 0.1) is 0 Å². The van der Waals surface area contributed by atoms with E-state index in [4.69, 9.17) is 0 Å². The van der Waals surface area contributed by atoms with E-state index in [9.17, 15) is 14.4 Å². The molecular weight excluding hydrogens is 210 g/mol. The van der Waals surface area contributed by atoms with Gasteiger partial charge in [-0.15, -0.1) is 0 Å². The van der Waals surface area contributed by atoms with Crippen molar-refractivity contribution >= 4 is 17.7 Å². The molecule has 0 spiro atoms. The summed E-state index contributed by atoms with van der Waals surface area (Å²) >= 11 is 0. The van der Waals surface area contributed by atoms with Crippen LogP contribution in [0.3, 0.4) is 0 Å². The van der Waals surface area contributed by atoms with E-state index in [0.29, 0.717) is 6.54 Å². The van der Waals surface area contributed by atoms with Gasteiger partial charge in [0.2, 0.25) is 17.7 Å². The van der Waals surface area contributed by atoms with E-state index in [1.807, 2.05) is 6.92 Å². The lowest BCUT2D eigenvalue weighted by Crippen LogP contribution is -2.58. The molecule has 1 atom stereocenters. The second-order valence-corrected chi connectivity index (χ2v) is 3.83. The summed E-state index contributed by atoms with van der Waals surface area (Å²) in [4.78, 5) is 37.2. The van der Waals surface area contributed by atoms with Crippen LogP contribution in [0.15, 0.2) is 0 Å². The van der Waals surface area contributed by atoms with Crippen LogP contribution in [0.25, 0.3) is 0 Å². The average Bonchev–Trinajstić information content (AvgIpc) is 2.28. The normalized spacial score (nSPS) is 21.2. The van der Waals surface area contributed by atoms with E-state index in [0.717, 1.165) is 4.90 Å². The molecule has 6 nitrogen and oxygen atoms in total. The SMILES string of the molecule is CCN(C)C(=O)CN1C(=O)CNC(C)C1=O. The summed E-state index contributed by atoms with van der Waals surface area (Å²) in [5.74, 6) is -0.909. The second-order valence-electron chi connectivity index (χ2n) is 3.83. The molecule has 0 aliphatic carbocycles. The zero-order valence-electron chi connectivity index (χ0n) is 9.82. The summed E-state index contributed by atoms with van der Waals surface area (Å²) in [5.41, 5.74) is 0. The predicted molar refractivity (Wildman–Crippen MR) is 57.5 cm³/mol. The van der Waals surface area contributed by atoms with Crippen molar-refractivity contribution in [1.82, 2.24) is 15.1 Å². The Labute approximate surface area is 94.6 Å². The number of imide groups is 1. The van der Waals surface area contributed by atoms with Gasteiger partial charge in [-0.1, -0.05) is 0 Å². The molecule has 0 aromatic heterocycles. The van der Waals surface area contributed by atoms with Crippen LogP contribution in [0.4, 0.5) is 0 Å². The highest BCUT2D eigenvalue weighted by Crippen LogP contribution is 2.03. The maximum absolute atomic E-state index is 11.7. The third kappa shape index (κ3) is 2.57. The molecule has 0 radical (unpaired) electrons. The zero-order valence-corrected chi connectivity index (χ0v) is 9.82. The number of amides is 3. The lowest BCUT2D eigenvalue weighted by atomic mass is 10.2. The van der Waals surface area contributed by atoms with Gasteiger partial charge in [0.15, 0.2) is 0 Å². The molecular formula is C10H17N3O3. The third-order valence-electron chi connectivity index (χ3n) is 2.69. The molecule has 16 heavy (non-hydrogen) atoms. The Hall–Kier alpha value is -1.43. The molecule has 1 saturated heterocycles. The molecule has 0 saturated carbocycles. The van der Waals surface area contributed by atoms with Crippen LogP contribution in [0.2, 0.25) is 0 Å². The fourth-order valence-corrected chi connectivity index (χ4v) is 1.38. The van der Waals surface area contributed by atoms with Crippen molar-refractivity contribution in [2.75, 3.05) is 26.7 Å². The first-order chi connectivity index (χ1) is 7.47. The minimum absolute atomic E-state index is 0.107. The van der Waals surface area contributed by atoms with Gasteiger partial charge < -0.3 is 4.90 Å². The Kier molecular flexibility index (Phi) is 4.00. The van der Waals surface area contributed by atoms with E-state index in [2.05, 4.69) is 5.32 Å². The van der Waals surface area contributed by atoms with E-state index in [1.165, 1.54) is 4.90 Å². The fraction of sp³-hybridized carbons (Fsp3) is 0.700. The van der Waals surface area contributed by atoms with Gasteiger partial charge in [-0.2, -0.15) is 0 Å². The minimum Gasteiger partial charge on any atom is -0.344 e. The van der Waals surface area contributed by atoms with Gasteiger partial charge in [-0.3, -0.25) is 24.6 Å². The number of hydrogen-bond donors (Lipinski definition) is 1. The lowest BCUT2D eigenvalue weighted by Gasteiger charge is -2.30. The molecule has 0 aromatic rings. The largest absolute Gasteiger partial charge is 0.344 e. The minimum atomic E-state index is -0.405. The predicted octanol–water partition coefficient (Wildman–Crippen LogP) is -1.19. The molecule has 90 valence electrons. The van der Waals surface area contributed by atoms with Crippen LogP contribution < -0.4 is 5.32 Å². The average molecular weight is 227 g/mol. The quantitative estimate of drug-likeness (QED) is 0.616.